The minimum atomic E-state index is -2.46. The quantitative estimate of drug-likeness (QED) is 0.0288. The van der Waals surface area contributed by atoms with Gasteiger partial charge in [-0.2, -0.15) is 0 Å². The average molecular weight is 683 g/mol. The van der Waals surface area contributed by atoms with Crippen LogP contribution in [0.5, 0.6) is 0 Å². The van der Waals surface area contributed by atoms with E-state index in [1.165, 1.54) is 20.8 Å². The largest absolute Gasteiger partial charge is 0.465 e. The second-order valence-corrected chi connectivity index (χ2v) is 11.2. The van der Waals surface area contributed by atoms with E-state index >= 15 is 0 Å². The van der Waals surface area contributed by atoms with Gasteiger partial charge in [0, 0.05) is 25.1 Å². The Hall–Kier alpha value is -4.91. The summed E-state index contributed by atoms with van der Waals surface area (Å²) in [6.07, 6.45) is -3.61. The fourth-order valence-electron chi connectivity index (χ4n) is 3.96. The molecule has 0 saturated heterocycles. The second-order valence-electron chi connectivity index (χ2n) is 11.2. The maximum absolute atomic E-state index is 14.6. The number of alkyl carbamates (subject to hydrolysis) is 1. The molecular weight excluding hydrogens is 643 g/mol. The summed E-state index contributed by atoms with van der Waals surface area (Å²) in [6, 6.07) is -5.05. The van der Waals surface area contributed by atoms with Gasteiger partial charge < -0.3 is 48.3 Å². The number of halogens is 5. The fourth-order valence-corrected chi connectivity index (χ4v) is 3.96. The Labute approximate surface area is 266 Å². The number of ether oxygens (including phenoxy) is 1. The Kier molecular flexibility index (Phi) is 15.6. The summed E-state index contributed by atoms with van der Waals surface area (Å²) in [4.78, 5) is 65.5. The van der Waals surface area contributed by atoms with Crippen LogP contribution in [0, 0.1) is 29.1 Å². The number of unbranched alkanes of at least 4 members (excludes halogenated alkanes) is 1. The van der Waals surface area contributed by atoms with Crippen molar-refractivity contribution in [3.63, 3.8) is 0 Å². The number of hydrogen-bond donors (Lipinski definition) is 8. The van der Waals surface area contributed by atoms with E-state index in [1.54, 1.807) is 0 Å². The molecule has 0 radical (unpaired) electrons. The van der Waals surface area contributed by atoms with Gasteiger partial charge in [0.2, 0.25) is 23.5 Å². The van der Waals surface area contributed by atoms with Gasteiger partial charge in [-0.1, -0.05) is 0 Å². The highest BCUT2D eigenvalue weighted by molar-refractivity contribution is 5.93. The molecule has 0 aromatic heterocycles. The topological polar surface area (TPSA) is 253 Å². The molecule has 3 atom stereocenters. The van der Waals surface area contributed by atoms with Crippen molar-refractivity contribution in [2.45, 2.75) is 83.0 Å². The Balaban J connectivity index is 3.41. The maximum atomic E-state index is 14.6. The molecule has 0 spiro atoms. The molecule has 0 saturated carbocycles. The number of carbonyl (C=O) groups excluding carboxylic acids is 4. The predicted octanol–water partition coefficient (Wildman–Crippen LogP) is 0.764. The van der Waals surface area contributed by atoms with E-state index < -0.39 is 94.7 Å². The number of nitrogens with zero attached hydrogens (tertiary/aromatic N) is 1. The standard InChI is InChI=1S/C27H39F5N8O7/c1-27(2,3)47-26(46)40-14(8-6-10-36-24(34)35)22(42)39-15(11-12-16(28)18(30)20(32)19(31)17(12)29)23(43)38-13(21(33)41)7-4-5-9-37-25(44)45/h13-15,37H,4-11H2,1-3H3,(H2,33,41)(H,38,43)(H,39,42)(H,40,46)(H,44,45)(H4,34,35,36). The molecular formula is C27H39F5N8O7. The van der Waals surface area contributed by atoms with Crippen molar-refractivity contribution >= 4 is 35.9 Å². The first kappa shape index (κ1) is 40.1. The van der Waals surface area contributed by atoms with E-state index in [0.717, 1.165) is 0 Å². The fraction of sp³-hybridized carbons (Fsp3) is 0.556. The van der Waals surface area contributed by atoms with Gasteiger partial charge in [0.25, 0.3) is 0 Å². The van der Waals surface area contributed by atoms with Gasteiger partial charge in [-0.25, -0.2) is 31.5 Å². The van der Waals surface area contributed by atoms with Crippen molar-refractivity contribution in [1.82, 2.24) is 21.3 Å². The average Bonchev–Trinajstić information content (AvgIpc) is 2.95. The maximum Gasteiger partial charge on any atom is 0.408 e. The molecule has 0 bridgehead atoms. The van der Waals surface area contributed by atoms with Crippen molar-refractivity contribution in [2.24, 2.45) is 22.2 Å². The Morgan fingerprint density at radius 2 is 1.28 bits per heavy atom. The Morgan fingerprint density at radius 3 is 1.79 bits per heavy atom. The van der Waals surface area contributed by atoms with E-state index in [1.807, 2.05) is 0 Å². The van der Waals surface area contributed by atoms with Crippen LogP contribution in [0.4, 0.5) is 31.5 Å². The molecule has 11 N–H and O–H groups in total. The first-order valence-electron chi connectivity index (χ1n) is 14.2. The number of carbonyl (C=O) groups is 5. The number of aliphatic imine (C=N–C) groups is 1. The monoisotopic (exact) mass is 682 g/mol. The number of rotatable bonds is 17. The van der Waals surface area contributed by atoms with E-state index in [-0.39, 0.29) is 51.2 Å². The third-order valence-electron chi connectivity index (χ3n) is 6.15. The lowest BCUT2D eigenvalue weighted by molar-refractivity contribution is -0.132. The second kappa shape index (κ2) is 18.3. The van der Waals surface area contributed by atoms with E-state index in [4.69, 9.17) is 27.0 Å². The van der Waals surface area contributed by atoms with E-state index in [9.17, 15) is 45.9 Å². The molecule has 3 unspecified atom stereocenters. The number of nitrogens with two attached hydrogens (primary N) is 3. The molecule has 0 aliphatic rings. The van der Waals surface area contributed by atoms with Crippen molar-refractivity contribution in [1.29, 1.82) is 0 Å². The summed E-state index contributed by atoms with van der Waals surface area (Å²) in [6.45, 7) is 4.57. The molecule has 264 valence electrons. The zero-order valence-corrected chi connectivity index (χ0v) is 25.9. The molecule has 20 heteroatoms. The smallest absolute Gasteiger partial charge is 0.408 e. The van der Waals surface area contributed by atoms with Gasteiger partial charge in [0.05, 0.1) is 0 Å². The zero-order valence-electron chi connectivity index (χ0n) is 25.9. The summed E-state index contributed by atoms with van der Waals surface area (Å²) < 4.78 is 76.0. The SMILES string of the molecule is CC(C)(C)OC(=O)NC(CCCN=C(N)N)C(=O)NC(Cc1c(F)c(F)c(F)c(F)c1F)C(=O)NC(CCCCNC(=O)O)C(N)=O. The first-order chi connectivity index (χ1) is 21.7. The van der Waals surface area contributed by atoms with Crippen LogP contribution >= 0.6 is 0 Å². The number of nitrogens with one attached hydrogen (secondary N) is 4. The number of primary amides is 1. The summed E-state index contributed by atoms with van der Waals surface area (Å²) in [5.74, 6) is -15.4. The molecule has 47 heavy (non-hydrogen) atoms. The van der Waals surface area contributed by atoms with Crippen LogP contribution in [-0.4, -0.2) is 77.8 Å². The number of amides is 5. The van der Waals surface area contributed by atoms with Gasteiger partial charge in [-0.15, -0.1) is 0 Å². The molecule has 15 nitrogen and oxygen atoms in total. The van der Waals surface area contributed by atoms with Crippen LogP contribution in [0.1, 0.15) is 58.4 Å². The number of guanidine groups is 1. The highest BCUT2D eigenvalue weighted by Gasteiger charge is 2.34. The van der Waals surface area contributed by atoms with E-state index in [2.05, 4.69) is 26.3 Å². The van der Waals surface area contributed by atoms with Gasteiger partial charge in [0.15, 0.2) is 29.2 Å². The van der Waals surface area contributed by atoms with Crippen LogP contribution in [0.15, 0.2) is 4.99 Å². The minimum absolute atomic E-state index is 0.0110. The summed E-state index contributed by atoms with van der Waals surface area (Å²) in [5.41, 5.74) is 13.4. The van der Waals surface area contributed by atoms with Crippen LogP contribution in [0.2, 0.25) is 0 Å². The molecule has 1 aromatic rings. The molecule has 5 amide bonds. The van der Waals surface area contributed by atoms with Crippen LogP contribution in [0.3, 0.4) is 0 Å². The zero-order chi connectivity index (χ0) is 36.1. The summed E-state index contributed by atoms with van der Waals surface area (Å²) >= 11 is 0. The van der Waals surface area contributed by atoms with Crippen LogP contribution < -0.4 is 38.5 Å². The number of hydrogen-bond acceptors (Lipinski definition) is 7. The molecule has 0 aliphatic heterocycles. The number of benzene rings is 1. The molecule has 1 rings (SSSR count). The van der Waals surface area contributed by atoms with Gasteiger partial charge >= 0.3 is 12.2 Å². The lowest BCUT2D eigenvalue weighted by Gasteiger charge is -2.26. The summed E-state index contributed by atoms with van der Waals surface area (Å²) in [5, 5.41) is 17.3. The summed E-state index contributed by atoms with van der Waals surface area (Å²) in [7, 11) is 0. The Bertz CT molecular complexity index is 1310. The molecule has 0 aliphatic carbocycles. The predicted molar refractivity (Wildman–Crippen MR) is 156 cm³/mol. The third kappa shape index (κ3) is 13.9. The molecule has 0 heterocycles. The third-order valence-corrected chi connectivity index (χ3v) is 6.15. The highest BCUT2D eigenvalue weighted by atomic mass is 19.2. The van der Waals surface area contributed by atoms with Gasteiger partial charge in [0.1, 0.15) is 23.7 Å². The Morgan fingerprint density at radius 1 is 0.766 bits per heavy atom. The van der Waals surface area contributed by atoms with Crippen molar-refractivity contribution < 1.29 is 55.8 Å². The highest BCUT2D eigenvalue weighted by Crippen LogP contribution is 2.24. The molecule has 0 fully saturated rings. The van der Waals surface area contributed by atoms with E-state index in [0.29, 0.717) is 0 Å². The lowest BCUT2D eigenvalue weighted by Crippen LogP contribution is -2.57. The van der Waals surface area contributed by atoms with Crippen molar-refractivity contribution in [3.8, 4) is 0 Å². The normalized spacial score (nSPS) is 13.0. The first-order valence-corrected chi connectivity index (χ1v) is 14.2. The lowest BCUT2D eigenvalue weighted by atomic mass is 10.0. The molecule has 1 aromatic carbocycles. The van der Waals surface area contributed by atoms with Gasteiger partial charge in [-0.3, -0.25) is 19.4 Å². The van der Waals surface area contributed by atoms with Crippen molar-refractivity contribution in [2.75, 3.05) is 13.1 Å². The van der Waals surface area contributed by atoms with Crippen LogP contribution in [-0.2, 0) is 25.5 Å². The van der Waals surface area contributed by atoms with Crippen LogP contribution in [0.25, 0.3) is 0 Å². The van der Waals surface area contributed by atoms with Gasteiger partial charge in [-0.05, 0) is 52.9 Å². The minimum Gasteiger partial charge on any atom is -0.465 e. The van der Waals surface area contributed by atoms with Crippen molar-refractivity contribution in [3.05, 3.63) is 34.6 Å². The number of carboxylic acid groups (broad SMARTS) is 1.